The van der Waals surface area contributed by atoms with E-state index in [-0.39, 0.29) is 4.90 Å². The summed E-state index contributed by atoms with van der Waals surface area (Å²) in [7, 11) is -3.77. The summed E-state index contributed by atoms with van der Waals surface area (Å²) in [6.45, 7) is 0. The molecule has 0 radical (unpaired) electrons. The van der Waals surface area contributed by atoms with Crippen molar-refractivity contribution < 1.29 is 12.8 Å². The van der Waals surface area contributed by atoms with Gasteiger partial charge < -0.3 is 4.40 Å². The first-order chi connectivity index (χ1) is 9.56. The molecule has 20 heavy (non-hydrogen) atoms. The topological polar surface area (TPSA) is 63.5 Å². The molecular formula is C13H10FN3O2S. The lowest BCUT2D eigenvalue weighted by Crippen LogP contribution is -2.13. The van der Waals surface area contributed by atoms with Gasteiger partial charge in [0.05, 0.1) is 10.6 Å². The molecule has 0 saturated carbocycles. The average molecular weight is 291 g/mol. The normalized spacial score (nSPS) is 11.7. The van der Waals surface area contributed by atoms with E-state index in [1.807, 2.05) is 0 Å². The van der Waals surface area contributed by atoms with Gasteiger partial charge in [-0.1, -0.05) is 0 Å². The molecule has 0 aliphatic carbocycles. The fraction of sp³-hybridized carbons (Fsp3) is 0. The van der Waals surface area contributed by atoms with Crippen molar-refractivity contribution in [3.05, 3.63) is 60.8 Å². The van der Waals surface area contributed by atoms with Crippen molar-refractivity contribution in [1.82, 2.24) is 9.38 Å². The van der Waals surface area contributed by atoms with Gasteiger partial charge in [0, 0.05) is 18.6 Å². The molecule has 3 aromatic rings. The van der Waals surface area contributed by atoms with E-state index in [0.29, 0.717) is 11.3 Å². The van der Waals surface area contributed by atoms with Crippen molar-refractivity contribution in [2.45, 2.75) is 4.90 Å². The Hall–Kier alpha value is -2.41. The Morgan fingerprint density at radius 1 is 1.10 bits per heavy atom. The Kier molecular flexibility index (Phi) is 2.90. The van der Waals surface area contributed by atoms with Crippen LogP contribution in [-0.2, 0) is 10.0 Å². The van der Waals surface area contributed by atoms with Gasteiger partial charge in [-0.2, -0.15) is 0 Å². The Bertz CT molecular complexity index is 857. The number of fused-ring (bicyclic) bond motifs is 1. The van der Waals surface area contributed by atoms with Crippen LogP contribution in [0.25, 0.3) is 5.65 Å². The number of benzene rings is 1. The van der Waals surface area contributed by atoms with Crippen molar-refractivity contribution in [2.24, 2.45) is 0 Å². The summed E-state index contributed by atoms with van der Waals surface area (Å²) in [6.07, 6.45) is 5.05. The summed E-state index contributed by atoms with van der Waals surface area (Å²) in [5, 5.41) is 0. The van der Waals surface area contributed by atoms with Gasteiger partial charge in [0.25, 0.3) is 10.0 Å². The summed E-state index contributed by atoms with van der Waals surface area (Å²) >= 11 is 0. The highest BCUT2D eigenvalue weighted by Crippen LogP contribution is 2.19. The number of sulfonamides is 1. The number of imidazole rings is 1. The van der Waals surface area contributed by atoms with Gasteiger partial charge in [-0.25, -0.2) is 17.8 Å². The monoisotopic (exact) mass is 291 g/mol. The van der Waals surface area contributed by atoms with E-state index in [1.54, 1.807) is 35.1 Å². The maximum Gasteiger partial charge on any atom is 0.262 e. The van der Waals surface area contributed by atoms with Gasteiger partial charge in [-0.05, 0) is 36.4 Å². The van der Waals surface area contributed by atoms with Gasteiger partial charge in [-0.3, -0.25) is 4.72 Å². The minimum Gasteiger partial charge on any atom is -0.305 e. The zero-order chi connectivity index (χ0) is 14.2. The van der Waals surface area contributed by atoms with Crippen molar-refractivity contribution in [1.29, 1.82) is 0 Å². The third-order valence-corrected chi connectivity index (χ3v) is 4.17. The third kappa shape index (κ3) is 2.23. The first-order valence-electron chi connectivity index (χ1n) is 5.76. The van der Waals surface area contributed by atoms with E-state index < -0.39 is 15.8 Å². The number of halogens is 1. The molecule has 0 aliphatic heterocycles. The van der Waals surface area contributed by atoms with Crippen molar-refractivity contribution in [2.75, 3.05) is 4.72 Å². The van der Waals surface area contributed by atoms with Crippen molar-refractivity contribution in [3.63, 3.8) is 0 Å². The predicted molar refractivity (Wildman–Crippen MR) is 72.4 cm³/mol. The maximum absolute atomic E-state index is 12.8. The second-order valence-corrected chi connectivity index (χ2v) is 5.82. The van der Waals surface area contributed by atoms with Crippen LogP contribution in [0, 0.1) is 5.82 Å². The molecule has 1 N–H and O–H groups in total. The van der Waals surface area contributed by atoms with Crippen LogP contribution < -0.4 is 4.72 Å². The number of anilines is 1. The number of hydrogen-bond donors (Lipinski definition) is 1. The number of rotatable bonds is 3. The average Bonchev–Trinajstić information content (AvgIpc) is 2.88. The Balaban J connectivity index is 2.01. The minimum absolute atomic E-state index is 0.00698. The van der Waals surface area contributed by atoms with Gasteiger partial charge in [0.1, 0.15) is 5.82 Å². The van der Waals surface area contributed by atoms with Crippen LogP contribution >= 0.6 is 0 Å². The molecule has 2 aromatic heterocycles. The molecule has 0 aliphatic rings. The lowest BCUT2D eigenvalue weighted by atomic mass is 10.4. The molecular weight excluding hydrogens is 281 g/mol. The molecule has 1 aromatic carbocycles. The quantitative estimate of drug-likeness (QED) is 0.805. The highest BCUT2D eigenvalue weighted by atomic mass is 32.2. The molecule has 3 rings (SSSR count). The number of nitrogens with one attached hydrogen (secondary N) is 1. The van der Waals surface area contributed by atoms with Crippen LogP contribution in [0.15, 0.2) is 59.9 Å². The van der Waals surface area contributed by atoms with E-state index in [1.165, 1.54) is 12.1 Å². The largest absolute Gasteiger partial charge is 0.305 e. The first-order valence-corrected chi connectivity index (χ1v) is 7.25. The molecule has 2 heterocycles. The highest BCUT2D eigenvalue weighted by molar-refractivity contribution is 7.92. The Labute approximate surface area is 114 Å². The van der Waals surface area contributed by atoms with Crippen LogP contribution in [0.2, 0.25) is 0 Å². The molecule has 0 bridgehead atoms. The van der Waals surface area contributed by atoms with Crippen molar-refractivity contribution in [3.8, 4) is 0 Å². The number of nitrogens with zero attached hydrogens (tertiary/aromatic N) is 2. The lowest BCUT2D eigenvalue weighted by molar-refractivity contribution is 0.599. The molecule has 7 heteroatoms. The number of hydrogen-bond acceptors (Lipinski definition) is 3. The molecule has 102 valence electrons. The van der Waals surface area contributed by atoms with E-state index in [9.17, 15) is 12.8 Å². The van der Waals surface area contributed by atoms with Gasteiger partial charge in [0.2, 0.25) is 0 Å². The second kappa shape index (κ2) is 4.61. The maximum atomic E-state index is 12.8. The molecule has 0 atom stereocenters. The summed E-state index contributed by atoms with van der Waals surface area (Å²) in [6, 6.07) is 7.95. The zero-order valence-electron chi connectivity index (χ0n) is 10.2. The summed E-state index contributed by atoms with van der Waals surface area (Å²) < 4.78 is 41.4. The van der Waals surface area contributed by atoms with E-state index in [4.69, 9.17) is 0 Å². The first kappa shape index (κ1) is 12.6. The van der Waals surface area contributed by atoms with E-state index in [0.717, 1.165) is 12.1 Å². The molecule has 0 unspecified atom stereocenters. The smallest absolute Gasteiger partial charge is 0.262 e. The minimum atomic E-state index is -3.77. The number of aromatic nitrogens is 2. The second-order valence-electron chi connectivity index (χ2n) is 4.14. The van der Waals surface area contributed by atoms with Gasteiger partial charge in [-0.15, -0.1) is 0 Å². The van der Waals surface area contributed by atoms with Crippen LogP contribution in [-0.4, -0.2) is 17.8 Å². The summed E-state index contributed by atoms with van der Waals surface area (Å²) in [5.41, 5.74) is 0.861. The van der Waals surface area contributed by atoms with Gasteiger partial charge >= 0.3 is 0 Å². The Morgan fingerprint density at radius 2 is 1.85 bits per heavy atom. The third-order valence-electron chi connectivity index (χ3n) is 2.79. The molecule has 0 saturated heterocycles. The standard InChI is InChI=1S/C13H10FN3O2S/c14-10-3-5-11(6-4-10)20(18,19)16-12-2-1-8-17-9-7-15-13(12)17/h1-9,16H. The SMILES string of the molecule is O=S(=O)(Nc1cccn2ccnc12)c1ccc(F)cc1. The molecule has 5 nitrogen and oxygen atoms in total. The summed E-state index contributed by atoms with van der Waals surface area (Å²) in [5.74, 6) is -0.487. The predicted octanol–water partition coefficient (Wildman–Crippen LogP) is 2.27. The van der Waals surface area contributed by atoms with Gasteiger partial charge in [0.15, 0.2) is 5.65 Å². The molecule has 0 spiro atoms. The Morgan fingerprint density at radius 3 is 2.60 bits per heavy atom. The highest BCUT2D eigenvalue weighted by Gasteiger charge is 2.16. The molecule has 0 amide bonds. The van der Waals surface area contributed by atoms with Crippen LogP contribution in [0.3, 0.4) is 0 Å². The fourth-order valence-electron chi connectivity index (χ4n) is 1.85. The zero-order valence-corrected chi connectivity index (χ0v) is 11.0. The van der Waals surface area contributed by atoms with E-state index in [2.05, 4.69) is 9.71 Å². The molecule has 0 fully saturated rings. The van der Waals surface area contributed by atoms with E-state index >= 15 is 0 Å². The lowest BCUT2D eigenvalue weighted by Gasteiger charge is -2.08. The fourth-order valence-corrected chi connectivity index (χ4v) is 2.91. The summed E-state index contributed by atoms with van der Waals surface area (Å²) in [4.78, 5) is 4.08. The number of pyridine rings is 1. The van der Waals surface area contributed by atoms with Crippen molar-refractivity contribution >= 4 is 21.4 Å². The van der Waals surface area contributed by atoms with Crippen LogP contribution in [0.5, 0.6) is 0 Å². The van der Waals surface area contributed by atoms with Crippen LogP contribution in [0.1, 0.15) is 0 Å². The van der Waals surface area contributed by atoms with Crippen LogP contribution in [0.4, 0.5) is 10.1 Å².